The summed E-state index contributed by atoms with van der Waals surface area (Å²) in [5.74, 6) is 0.531. The highest BCUT2D eigenvalue weighted by Gasteiger charge is 2.18. The first-order chi connectivity index (χ1) is 16.1. The van der Waals surface area contributed by atoms with Gasteiger partial charge in [-0.05, 0) is 55.7 Å². The number of hydrogen-bond acceptors (Lipinski definition) is 8. The Morgan fingerprint density at radius 3 is 2.53 bits per heavy atom. The van der Waals surface area contributed by atoms with Crippen molar-refractivity contribution >= 4 is 44.3 Å². The van der Waals surface area contributed by atoms with Crippen LogP contribution in [0.2, 0.25) is 0 Å². The maximum absolute atomic E-state index is 12.7. The zero-order valence-electron chi connectivity index (χ0n) is 19.3. The zero-order valence-corrected chi connectivity index (χ0v) is 20.1. The van der Waals surface area contributed by atoms with Gasteiger partial charge in [0, 0.05) is 29.7 Å². The second-order valence-electron chi connectivity index (χ2n) is 8.43. The van der Waals surface area contributed by atoms with Crippen molar-refractivity contribution in [3.05, 3.63) is 64.3 Å². The first-order valence-corrected chi connectivity index (χ1v) is 12.2. The third-order valence-corrected chi connectivity index (χ3v) is 6.63. The van der Waals surface area contributed by atoms with Crippen LogP contribution in [0.3, 0.4) is 0 Å². The summed E-state index contributed by atoms with van der Waals surface area (Å²) in [6.45, 7) is 7.86. The Morgan fingerprint density at radius 1 is 1.03 bits per heavy atom. The Balaban J connectivity index is 1.57. The van der Waals surface area contributed by atoms with Crippen molar-refractivity contribution < 1.29 is 12.8 Å². The smallest absolute Gasteiger partial charge is 0.408 e. The Bertz CT molecular complexity index is 1510. The number of benzene rings is 2. The molecule has 10 nitrogen and oxygen atoms in total. The van der Waals surface area contributed by atoms with Gasteiger partial charge in [-0.15, -0.1) is 0 Å². The fourth-order valence-corrected chi connectivity index (χ4v) is 4.73. The van der Waals surface area contributed by atoms with Crippen LogP contribution in [0.15, 0.2) is 56.7 Å². The van der Waals surface area contributed by atoms with Crippen LogP contribution in [-0.2, 0) is 10.0 Å². The number of oxazole rings is 1. The molecule has 4 rings (SSSR count). The lowest BCUT2D eigenvalue weighted by atomic mass is 10.2. The van der Waals surface area contributed by atoms with Gasteiger partial charge in [0.15, 0.2) is 5.58 Å². The van der Waals surface area contributed by atoms with Crippen molar-refractivity contribution in [2.24, 2.45) is 5.92 Å². The molecule has 0 amide bonds. The molecule has 0 bridgehead atoms. The molecule has 0 aliphatic heterocycles. The fraction of sp³-hybridized carbons (Fsp3) is 0.261. The maximum atomic E-state index is 12.7. The van der Waals surface area contributed by atoms with E-state index >= 15 is 0 Å². The van der Waals surface area contributed by atoms with E-state index in [1.807, 2.05) is 20.8 Å². The van der Waals surface area contributed by atoms with Gasteiger partial charge in [0.1, 0.15) is 5.82 Å². The van der Waals surface area contributed by atoms with E-state index in [0.717, 1.165) is 5.56 Å². The number of nitrogens with one attached hydrogen (secondary N) is 4. The lowest BCUT2D eigenvalue weighted by molar-refractivity contribution is 0.555. The van der Waals surface area contributed by atoms with E-state index in [2.05, 4.69) is 30.3 Å². The number of rotatable bonds is 8. The number of aryl methyl sites for hydroxylation is 2. The normalized spacial score (nSPS) is 11.8. The molecule has 0 fully saturated rings. The van der Waals surface area contributed by atoms with E-state index < -0.39 is 15.8 Å². The molecule has 0 spiro atoms. The quantitative estimate of drug-likeness (QED) is 0.296. The molecule has 0 aliphatic rings. The van der Waals surface area contributed by atoms with Gasteiger partial charge in [-0.1, -0.05) is 19.9 Å². The van der Waals surface area contributed by atoms with E-state index in [1.54, 1.807) is 49.5 Å². The number of fused-ring (bicyclic) bond motifs is 1. The standard InChI is InChI=1S/C23H26N6O4S/c1-13(2)11-25-34(31,32)20-10-17(6-5-14(20)3)27-22-24-12-15(4)21(29-22)26-16-7-8-19-18(9-16)28-23(30)33-19/h5-10,12-13,25H,11H2,1-4H3,(H,28,30)(H2,24,26,27,29). The molecule has 0 aliphatic carbocycles. The minimum Gasteiger partial charge on any atom is -0.408 e. The number of anilines is 4. The van der Waals surface area contributed by atoms with Crippen LogP contribution < -0.4 is 21.1 Å². The van der Waals surface area contributed by atoms with Gasteiger partial charge in [-0.2, -0.15) is 4.98 Å². The van der Waals surface area contributed by atoms with Crippen LogP contribution in [0.25, 0.3) is 11.1 Å². The second-order valence-corrected chi connectivity index (χ2v) is 10.2. The summed E-state index contributed by atoms with van der Waals surface area (Å²) in [7, 11) is -3.65. The molecular formula is C23H26N6O4S. The fourth-order valence-electron chi connectivity index (χ4n) is 3.25. The first-order valence-electron chi connectivity index (χ1n) is 10.7. The minimum atomic E-state index is -3.65. The third kappa shape index (κ3) is 5.26. The highest BCUT2D eigenvalue weighted by atomic mass is 32.2. The molecule has 0 atom stereocenters. The molecule has 0 unspecified atom stereocenters. The summed E-state index contributed by atoms with van der Waals surface area (Å²) < 4.78 is 33.2. The van der Waals surface area contributed by atoms with E-state index in [1.165, 1.54) is 0 Å². The Morgan fingerprint density at radius 2 is 1.76 bits per heavy atom. The lowest BCUT2D eigenvalue weighted by Crippen LogP contribution is -2.28. The molecule has 0 radical (unpaired) electrons. The largest absolute Gasteiger partial charge is 0.417 e. The van der Waals surface area contributed by atoms with Crippen molar-refractivity contribution in [2.75, 3.05) is 17.2 Å². The maximum Gasteiger partial charge on any atom is 0.417 e. The minimum absolute atomic E-state index is 0.192. The van der Waals surface area contributed by atoms with Crippen molar-refractivity contribution in [3.63, 3.8) is 0 Å². The monoisotopic (exact) mass is 482 g/mol. The van der Waals surface area contributed by atoms with E-state index in [0.29, 0.717) is 46.3 Å². The molecule has 0 saturated carbocycles. The van der Waals surface area contributed by atoms with Gasteiger partial charge in [0.05, 0.1) is 10.4 Å². The van der Waals surface area contributed by atoms with Crippen molar-refractivity contribution in [1.29, 1.82) is 0 Å². The summed E-state index contributed by atoms with van der Waals surface area (Å²) in [5, 5.41) is 6.29. The number of sulfonamides is 1. The number of aromatic nitrogens is 3. The van der Waals surface area contributed by atoms with Crippen LogP contribution in [-0.4, -0.2) is 29.9 Å². The molecule has 2 heterocycles. The predicted octanol–water partition coefficient (Wildman–Crippen LogP) is 3.95. The van der Waals surface area contributed by atoms with E-state index in [4.69, 9.17) is 4.42 Å². The average Bonchev–Trinajstić information content (AvgIpc) is 3.15. The van der Waals surface area contributed by atoms with Crippen LogP contribution in [0.1, 0.15) is 25.0 Å². The van der Waals surface area contributed by atoms with Gasteiger partial charge in [0.2, 0.25) is 16.0 Å². The Kier molecular flexibility index (Phi) is 6.40. The molecule has 178 valence electrons. The summed E-state index contributed by atoms with van der Waals surface area (Å²) in [6, 6.07) is 10.3. The summed E-state index contributed by atoms with van der Waals surface area (Å²) in [5.41, 5.74) is 3.72. The van der Waals surface area contributed by atoms with Crippen LogP contribution in [0.4, 0.5) is 23.1 Å². The van der Waals surface area contributed by atoms with Gasteiger partial charge in [-0.25, -0.2) is 22.9 Å². The second kappa shape index (κ2) is 9.27. The van der Waals surface area contributed by atoms with Crippen LogP contribution in [0.5, 0.6) is 0 Å². The SMILES string of the molecule is Cc1ccc(Nc2ncc(C)c(Nc3ccc4oc(=O)[nH]c4c3)n2)cc1S(=O)(=O)NCC(C)C. The molecule has 2 aromatic carbocycles. The predicted molar refractivity (Wildman–Crippen MR) is 131 cm³/mol. The highest BCUT2D eigenvalue weighted by molar-refractivity contribution is 7.89. The summed E-state index contributed by atoms with van der Waals surface area (Å²) >= 11 is 0. The molecule has 4 aromatic rings. The first kappa shape index (κ1) is 23.5. The number of H-pyrrole nitrogens is 1. The molecule has 2 aromatic heterocycles. The third-order valence-electron chi connectivity index (χ3n) is 5.07. The highest BCUT2D eigenvalue weighted by Crippen LogP contribution is 2.25. The molecular weight excluding hydrogens is 456 g/mol. The van der Waals surface area contributed by atoms with E-state index in [9.17, 15) is 13.2 Å². The number of hydrogen-bond donors (Lipinski definition) is 4. The lowest BCUT2D eigenvalue weighted by Gasteiger charge is -2.14. The Labute approximate surface area is 196 Å². The number of aromatic amines is 1. The van der Waals surface area contributed by atoms with Gasteiger partial charge >= 0.3 is 5.76 Å². The molecule has 4 N–H and O–H groups in total. The van der Waals surface area contributed by atoms with Gasteiger partial charge in [-0.3, -0.25) is 4.98 Å². The van der Waals surface area contributed by atoms with Crippen molar-refractivity contribution in [3.8, 4) is 0 Å². The summed E-state index contributed by atoms with van der Waals surface area (Å²) in [4.78, 5) is 23.1. The average molecular weight is 483 g/mol. The van der Waals surface area contributed by atoms with Gasteiger partial charge < -0.3 is 15.1 Å². The molecule has 11 heteroatoms. The van der Waals surface area contributed by atoms with Crippen LogP contribution >= 0.6 is 0 Å². The van der Waals surface area contributed by atoms with Crippen LogP contribution in [0, 0.1) is 19.8 Å². The molecule has 0 saturated heterocycles. The Hall–Kier alpha value is -3.70. The topological polar surface area (TPSA) is 142 Å². The number of nitrogens with zero attached hydrogens (tertiary/aromatic N) is 2. The molecule has 34 heavy (non-hydrogen) atoms. The van der Waals surface area contributed by atoms with E-state index in [-0.39, 0.29) is 10.8 Å². The van der Waals surface area contributed by atoms with Crippen molar-refractivity contribution in [2.45, 2.75) is 32.6 Å². The van der Waals surface area contributed by atoms with Crippen molar-refractivity contribution in [1.82, 2.24) is 19.7 Å². The van der Waals surface area contributed by atoms with Gasteiger partial charge in [0.25, 0.3) is 0 Å². The summed E-state index contributed by atoms with van der Waals surface area (Å²) in [6.07, 6.45) is 1.66. The zero-order chi connectivity index (χ0) is 24.5.